The van der Waals surface area contributed by atoms with Crippen LogP contribution in [0.15, 0.2) is 28.5 Å². The molecule has 1 aromatic carbocycles. The van der Waals surface area contributed by atoms with Crippen LogP contribution in [0.3, 0.4) is 0 Å². The minimum Gasteiger partial charge on any atom is -0.378 e. The summed E-state index contributed by atoms with van der Waals surface area (Å²) < 4.78 is 77.1. The van der Waals surface area contributed by atoms with Crippen molar-refractivity contribution in [2.75, 3.05) is 25.5 Å². The van der Waals surface area contributed by atoms with Crippen molar-refractivity contribution in [3.05, 3.63) is 29.2 Å². The van der Waals surface area contributed by atoms with E-state index in [1.807, 2.05) is 4.90 Å². The molecule has 1 fully saturated rings. The maximum Gasteiger partial charge on any atom is 0.393 e. The maximum atomic E-state index is 14.2. The molecule has 3 rings (SSSR count). The van der Waals surface area contributed by atoms with Crippen molar-refractivity contribution in [3.8, 4) is 0 Å². The largest absolute Gasteiger partial charge is 0.393 e. The Morgan fingerprint density at radius 2 is 2.04 bits per heavy atom. The minimum absolute atomic E-state index is 0.0330. The Kier molecular flexibility index (Phi) is 4.57. The van der Waals surface area contributed by atoms with Crippen LogP contribution < -0.4 is 5.32 Å². The van der Waals surface area contributed by atoms with Crippen LogP contribution in [-0.4, -0.2) is 51.8 Å². The van der Waals surface area contributed by atoms with Crippen LogP contribution in [0.5, 0.6) is 0 Å². The zero-order valence-electron chi connectivity index (χ0n) is 13.5. The molecule has 9 heteroatoms. The van der Waals surface area contributed by atoms with Gasteiger partial charge in [-0.15, -0.1) is 0 Å². The van der Waals surface area contributed by atoms with Crippen molar-refractivity contribution in [2.24, 2.45) is 0 Å². The average molecular weight is 378 g/mol. The number of nitrogens with one attached hydrogen (secondary N) is 1. The molecular weight excluding hydrogens is 360 g/mol. The van der Waals surface area contributed by atoms with Crippen LogP contribution in [0.2, 0.25) is 0 Å². The van der Waals surface area contributed by atoms with E-state index >= 15 is 0 Å². The number of likely N-dealkylation sites (tertiary alicyclic amines) is 1. The summed E-state index contributed by atoms with van der Waals surface area (Å²) in [6.07, 6.45) is -6.54. The zero-order chi connectivity index (χ0) is 18.4. The first-order valence-corrected chi connectivity index (χ1v) is 9.36. The van der Waals surface area contributed by atoms with Gasteiger partial charge in [0, 0.05) is 18.5 Å². The molecule has 138 valence electrons. The van der Waals surface area contributed by atoms with Gasteiger partial charge in [0.2, 0.25) is 9.84 Å². The van der Waals surface area contributed by atoms with E-state index in [1.165, 1.54) is 18.2 Å². The van der Waals surface area contributed by atoms with E-state index < -0.39 is 34.6 Å². The van der Waals surface area contributed by atoms with Crippen molar-refractivity contribution in [1.29, 1.82) is 0 Å². The highest BCUT2D eigenvalue weighted by molar-refractivity contribution is 7.95. The molecule has 2 atom stereocenters. The molecule has 25 heavy (non-hydrogen) atoms. The highest BCUT2D eigenvalue weighted by Gasteiger charge is 2.37. The van der Waals surface area contributed by atoms with E-state index in [9.17, 15) is 26.0 Å². The Morgan fingerprint density at radius 1 is 1.32 bits per heavy atom. The van der Waals surface area contributed by atoms with Gasteiger partial charge in [-0.25, -0.2) is 12.8 Å². The number of hydrogen-bond donors (Lipinski definition) is 1. The molecule has 0 bridgehead atoms. The third kappa shape index (κ3) is 3.82. The normalized spacial score (nSPS) is 26.2. The van der Waals surface area contributed by atoms with Gasteiger partial charge >= 0.3 is 6.18 Å². The van der Waals surface area contributed by atoms with Crippen LogP contribution >= 0.6 is 0 Å². The first-order valence-electron chi connectivity index (χ1n) is 7.82. The number of benzene rings is 1. The van der Waals surface area contributed by atoms with E-state index in [0.29, 0.717) is 18.4 Å². The van der Waals surface area contributed by atoms with Crippen LogP contribution in [0, 0.1) is 0 Å². The number of fused-ring (bicyclic) bond motifs is 1. The summed E-state index contributed by atoms with van der Waals surface area (Å²) >= 11 is 0. The lowest BCUT2D eigenvalue weighted by Crippen LogP contribution is -2.46. The number of allylic oxidation sites excluding steroid dienone is 1. The molecule has 1 N–H and O–H groups in total. The molecular formula is C16H18F4N2O2S. The molecule has 0 spiro atoms. The highest BCUT2D eigenvalue weighted by atomic mass is 32.2. The summed E-state index contributed by atoms with van der Waals surface area (Å²) in [6.45, 7) is 0.869. The SMILES string of the molecule is CN1CC[C@H](Nc2cccc3c2S(=O)(=O)C=C3CC(F)(F)F)[C@H](F)C1. The number of alkyl halides is 4. The summed E-state index contributed by atoms with van der Waals surface area (Å²) in [7, 11) is -2.20. The van der Waals surface area contributed by atoms with Crippen LogP contribution in [0.25, 0.3) is 5.57 Å². The third-order valence-electron chi connectivity index (χ3n) is 4.42. The smallest absolute Gasteiger partial charge is 0.378 e. The quantitative estimate of drug-likeness (QED) is 0.821. The molecule has 0 unspecified atom stereocenters. The standard InChI is InChI=1S/C16H18F4N2O2S/c1-22-6-5-13(12(17)8-22)21-14-4-2-3-11-10(7-16(18,19)20)9-25(23,24)15(11)14/h2-4,9,12-13,21H,5-8H2,1H3/t12-,13+/m1/s1. The van der Waals surface area contributed by atoms with E-state index in [1.54, 1.807) is 7.05 Å². The fraction of sp³-hybridized carbons (Fsp3) is 0.500. The molecule has 2 heterocycles. The van der Waals surface area contributed by atoms with Crippen molar-refractivity contribution >= 4 is 21.1 Å². The van der Waals surface area contributed by atoms with Crippen LogP contribution in [0.4, 0.5) is 23.2 Å². The Bertz CT molecular complexity index is 805. The van der Waals surface area contributed by atoms with E-state index in [2.05, 4.69) is 5.32 Å². The fourth-order valence-electron chi connectivity index (χ4n) is 3.29. The van der Waals surface area contributed by atoms with Gasteiger partial charge in [0.15, 0.2) is 0 Å². The predicted molar refractivity (Wildman–Crippen MR) is 86.7 cm³/mol. The number of halogens is 4. The number of sulfone groups is 1. The Morgan fingerprint density at radius 3 is 2.68 bits per heavy atom. The summed E-state index contributed by atoms with van der Waals surface area (Å²) in [4.78, 5) is 1.64. The highest BCUT2D eigenvalue weighted by Crippen LogP contribution is 2.43. The maximum absolute atomic E-state index is 14.2. The van der Waals surface area contributed by atoms with E-state index in [-0.39, 0.29) is 28.3 Å². The molecule has 4 nitrogen and oxygen atoms in total. The predicted octanol–water partition coefficient (Wildman–Crippen LogP) is 3.22. The van der Waals surface area contributed by atoms with Gasteiger partial charge in [-0.1, -0.05) is 12.1 Å². The average Bonchev–Trinajstić information content (AvgIpc) is 2.72. The first-order chi connectivity index (χ1) is 11.6. The van der Waals surface area contributed by atoms with Gasteiger partial charge in [-0.2, -0.15) is 13.2 Å². The molecule has 0 aromatic heterocycles. The lowest BCUT2D eigenvalue weighted by Gasteiger charge is -2.33. The van der Waals surface area contributed by atoms with E-state index in [0.717, 1.165) is 0 Å². The Hall–Kier alpha value is -1.61. The van der Waals surface area contributed by atoms with Gasteiger partial charge in [-0.05, 0) is 30.7 Å². The topological polar surface area (TPSA) is 49.4 Å². The molecule has 0 amide bonds. The second-order valence-electron chi connectivity index (χ2n) is 6.48. The molecule has 1 aromatic rings. The number of anilines is 1. The Balaban J connectivity index is 1.93. The lowest BCUT2D eigenvalue weighted by atomic mass is 10.0. The number of rotatable bonds is 3. The summed E-state index contributed by atoms with van der Waals surface area (Å²) in [5, 5.41) is 3.56. The third-order valence-corrected chi connectivity index (χ3v) is 6.02. The van der Waals surface area contributed by atoms with Crippen LogP contribution in [-0.2, 0) is 9.84 Å². The number of hydrogen-bond acceptors (Lipinski definition) is 4. The van der Waals surface area contributed by atoms with Gasteiger partial charge in [0.05, 0.1) is 18.2 Å². The second kappa shape index (κ2) is 6.28. The van der Waals surface area contributed by atoms with Crippen molar-refractivity contribution in [3.63, 3.8) is 0 Å². The Labute approximate surface area is 143 Å². The second-order valence-corrected chi connectivity index (χ2v) is 8.21. The summed E-state index contributed by atoms with van der Waals surface area (Å²) in [5.41, 5.74) is -0.0971. The van der Waals surface area contributed by atoms with Crippen LogP contribution in [0.1, 0.15) is 18.4 Å². The molecule has 0 saturated carbocycles. The molecule has 1 saturated heterocycles. The van der Waals surface area contributed by atoms with Gasteiger partial charge in [-0.3, -0.25) is 0 Å². The lowest BCUT2D eigenvalue weighted by molar-refractivity contribution is -0.122. The van der Waals surface area contributed by atoms with Gasteiger partial charge in [0.1, 0.15) is 11.1 Å². The van der Waals surface area contributed by atoms with Crippen molar-refractivity contribution in [1.82, 2.24) is 4.90 Å². The number of piperidine rings is 1. The zero-order valence-corrected chi connectivity index (χ0v) is 14.3. The van der Waals surface area contributed by atoms with Gasteiger partial charge < -0.3 is 10.2 Å². The first kappa shape index (κ1) is 18.2. The summed E-state index contributed by atoms with van der Waals surface area (Å²) in [5.74, 6) is 0. The van der Waals surface area contributed by atoms with Crippen molar-refractivity contribution < 1.29 is 26.0 Å². The number of nitrogens with zero attached hydrogens (tertiary/aromatic N) is 1. The molecule has 0 aliphatic carbocycles. The summed E-state index contributed by atoms with van der Waals surface area (Å²) in [6, 6.07) is 3.72. The van der Waals surface area contributed by atoms with Gasteiger partial charge in [0.25, 0.3) is 0 Å². The molecule has 2 aliphatic rings. The fourth-order valence-corrected chi connectivity index (χ4v) is 4.93. The van der Waals surface area contributed by atoms with E-state index in [4.69, 9.17) is 0 Å². The molecule has 2 aliphatic heterocycles. The minimum atomic E-state index is -4.51. The molecule has 0 radical (unpaired) electrons. The van der Waals surface area contributed by atoms with Crippen molar-refractivity contribution in [2.45, 2.75) is 36.1 Å². The monoisotopic (exact) mass is 378 g/mol.